The summed E-state index contributed by atoms with van der Waals surface area (Å²) in [6.45, 7) is 5.08. The third-order valence-corrected chi connectivity index (χ3v) is 4.89. The van der Waals surface area contributed by atoms with Crippen molar-refractivity contribution in [3.63, 3.8) is 0 Å². The monoisotopic (exact) mass is 499 g/mol. The van der Waals surface area contributed by atoms with Gasteiger partial charge in [0, 0.05) is 23.3 Å². The number of amides is 2. The summed E-state index contributed by atoms with van der Waals surface area (Å²) in [4.78, 5) is 29.8. The van der Waals surface area contributed by atoms with E-state index < -0.39 is 29.4 Å². The van der Waals surface area contributed by atoms with E-state index in [0.717, 1.165) is 4.68 Å². The molecular weight excluding hydrogens is 482 g/mol. The van der Waals surface area contributed by atoms with E-state index in [1.165, 1.54) is 18.3 Å². The Morgan fingerprint density at radius 2 is 1.82 bits per heavy atom. The Hall–Kier alpha value is -3.11. The molecule has 0 saturated heterocycles. The molecule has 1 aromatic carbocycles. The molecule has 0 radical (unpaired) electrons. The third kappa shape index (κ3) is 5.45. The maximum absolute atomic E-state index is 13.4. The van der Waals surface area contributed by atoms with Gasteiger partial charge in [-0.1, -0.05) is 29.3 Å². The minimum atomic E-state index is -4.80. The Bertz CT molecular complexity index is 1230. The summed E-state index contributed by atoms with van der Waals surface area (Å²) >= 11 is 12.2. The number of nitrogens with zero attached hydrogens (tertiary/aromatic N) is 3. The van der Waals surface area contributed by atoms with Crippen LogP contribution >= 0.6 is 23.2 Å². The van der Waals surface area contributed by atoms with Gasteiger partial charge in [0.2, 0.25) is 0 Å². The number of pyridine rings is 1. The third-order valence-electron chi connectivity index (χ3n) is 4.37. The number of alkyl halides is 3. The highest BCUT2D eigenvalue weighted by Crippen LogP contribution is 2.33. The first kappa shape index (κ1) is 24.5. The van der Waals surface area contributed by atoms with E-state index in [1.807, 2.05) is 0 Å². The standard InChI is InChI=1S/C21H18Cl2F3N5O2/c1-10(2)28-19(32)13-7-12(22)8-14(23)17(13)29-20(33)15-9-16(21(24,25)26)30-31(15)18-11(3)5-4-6-27-18/h4-10H,1-3H3,(H,28,32)(H,29,33). The van der Waals surface area contributed by atoms with Crippen molar-refractivity contribution in [1.82, 2.24) is 20.1 Å². The lowest BCUT2D eigenvalue weighted by molar-refractivity contribution is -0.141. The highest BCUT2D eigenvalue weighted by atomic mass is 35.5. The van der Waals surface area contributed by atoms with Crippen LogP contribution in [-0.2, 0) is 6.18 Å². The first-order valence-corrected chi connectivity index (χ1v) is 10.3. The predicted octanol–water partition coefficient (Wildman–Crippen LogP) is 5.29. The zero-order chi connectivity index (χ0) is 24.5. The van der Waals surface area contributed by atoms with Crippen molar-refractivity contribution in [1.29, 1.82) is 0 Å². The number of carbonyl (C=O) groups excluding carboxylic acids is 2. The Morgan fingerprint density at radius 3 is 2.42 bits per heavy atom. The molecule has 3 rings (SSSR count). The minimum absolute atomic E-state index is 0.0399. The number of anilines is 1. The number of aromatic nitrogens is 3. The number of carbonyl (C=O) groups is 2. The van der Waals surface area contributed by atoms with E-state index in [0.29, 0.717) is 11.6 Å². The maximum Gasteiger partial charge on any atom is 0.435 e. The molecule has 2 amide bonds. The molecule has 2 heterocycles. The van der Waals surface area contributed by atoms with Crippen molar-refractivity contribution in [2.45, 2.75) is 33.0 Å². The Balaban J connectivity index is 2.10. The summed E-state index contributed by atoms with van der Waals surface area (Å²) in [7, 11) is 0. The fourth-order valence-corrected chi connectivity index (χ4v) is 3.48. The van der Waals surface area contributed by atoms with Gasteiger partial charge in [-0.2, -0.15) is 18.3 Å². The molecule has 0 aliphatic heterocycles. The molecule has 0 aliphatic carbocycles. The van der Waals surface area contributed by atoms with Crippen molar-refractivity contribution in [3.8, 4) is 5.82 Å². The van der Waals surface area contributed by atoms with E-state index >= 15 is 0 Å². The summed E-state index contributed by atoms with van der Waals surface area (Å²) < 4.78 is 40.9. The van der Waals surface area contributed by atoms with E-state index in [-0.39, 0.29) is 33.2 Å². The molecule has 0 aliphatic rings. The number of benzene rings is 1. The van der Waals surface area contributed by atoms with Gasteiger partial charge in [-0.15, -0.1) is 0 Å². The van der Waals surface area contributed by atoms with E-state index in [1.54, 1.807) is 32.9 Å². The average Bonchev–Trinajstić information content (AvgIpc) is 3.15. The van der Waals surface area contributed by atoms with Crippen LogP contribution in [0.25, 0.3) is 5.82 Å². The van der Waals surface area contributed by atoms with Gasteiger partial charge < -0.3 is 10.6 Å². The first-order valence-electron chi connectivity index (χ1n) is 9.59. The van der Waals surface area contributed by atoms with E-state index in [9.17, 15) is 22.8 Å². The molecule has 174 valence electrons. The van der Waals surface area contributed by atoms with Gasteiger partial charge in [0.05, 0.1) is 16.3 Å². The average molecular weight is 500 g/mol. The molecule has 2 aromatic heterocycles. The summed E-state index contributed by atoms with van der Waals surface area (Å²) in [5.74, 6) is -1.52. The van der Waals surface area contributed by atoms with Crippen LogP contribution in [0.1, 0.15) is 46.0 Å². The molecular formula is C21H18Cl2F3N5O2. The molecule has 12 heteroatoms. The summed E-state index contributed by atoms with van der Waals surface area (Å²) in [5, 5.41) is 8.69. The number of halogens is 5. The Labute approximate surface area is 196 Å². The second-order valence-corrected chi connectivity index (χ2v) is 8.20. The second kappa shape index (κ2) is 9.40. The smallest absolute Gasteiger partial charge is 0.350 e. The van der Waals surface area contributed by atoms with Gasteiger partial charge in [-0.05, 0) is 44.5 Å². The number of rotatable bonds is 5. The molecule has 0 atom stereocenters. The molecule has 0 saturated carbocycles. The minimum Gasteiger partial charge on any atom is -0.350 e. The zero-order valence-corrected chi connectivity index (χ0v) is 19.1. The normalized spacial score (nSPS) is 11.5. The molecule has 2 N–H and O–H groups in total. The van der Waals surface area contributed by atoms with Gasteiger partial charge >= 0.3 is 6.18 Å². The van der Waals surface area contributed by atoms with Gasteiger partial charge in [-0.3, -0.25) is 9.59 Å². The summed E-state index contributed by atoms with van der Waals surface area (Å²) in [6, 6.07) is 6.17. The Kier molecular flexibility index (Phi) is 6.99. The fraction of sp³-hybridized carbons (Fsp3) is 0.238. The molecule has 0 fully saturated rings. The largest absolute Gasteiger partial charge is 0.435 e. The SMILES string of the molecule is Cc1cccnc1-n1nc(C(F)(F)F)cc1C(=O)Nc1c(Cl)cc(Cl)cc1C(=O)NC(C)C. The highest BCUT2D eigenvalue weighted by molar-refractivity contribution is 6.38. The van der Waals surface area contributed by atoms with Crippen LogP contribution in [0, 0.1) is 6.92 Å². The van der Waals surface area contributed by atoms with Gasteiger partial charge in [0.1, 0.15) is 5.69 Å². The van der Waals surface area contributed by atoms with Crippen molar-refractivity contribution < 1.29 is 22.8 Å². The van der Waals surface area contributed by atoms with E-state index in [4.69, 9.17) is 23.2 Å². The fourth-order valence-electron chi connectivity index (χ4n) is 2.94. The van der Waals surface area contributed by atoms with Crippen molar-refractivity contribution in [2.24, 2.45) is 0 Å². The van der Waals surface area contributed by atoms with Crippen LogP contribution in [0.2, 0.25) is 10.0 Å². The molecule has 0 bridgehead atoms. The lowest BCUT2D eigenvalue weighted by Gasteiger charge is -2.15. The van der Waals surface area contributed by atoms with Crippen LogP contribution in [0.4, 0.5) is 18.9 Å². The van der Waals surface area contributed by atoms with Crippen LogP contribution in [0.15, 0.2) is 36.5 Å². The zero-order valence-electron chi connectivity index (χ0n) is 17.6. The van der Waals surface area contributed by atoms with Gasteiger partial charge in [0.15, 0.2) is 11.5 Å². The lowest BCUT2D eigenvalue weighted by Crippen LogP contribution is -2.31. The van der Waals surface area contributed by atoms with Crippen LogP contribution in [0.3, 0.4) is 0 Å². The predicted molar refractivity (Wildman–Crippen MR) is 118 cm³/mol. The van der Waals surface area contributed by atoms with E-state index in [2.05, 4.69) is 20.7 Å². The molecule has 0 unspecified atom stereocenters. The van der Waals surface area contributed by atoms with Crippen molar-refractivity contribution >= 4 is 40.7 Å². The van der Waals surface area contributed by atoms with Crippen LogP contribution in [0.5, 0.6) is 0 Å². The van der Waals surface area contributed by atoms with Crippen molar-refractivity contribution in [2.75, 3.05) is 5.32 Å². The first-order chi connectivity index (χ1) is 15.4. The molecule has 0 spiro atoms. The maximum atomic E-state index is 13.4. The van der Waals surface area contributed by atoms with Gasteiger partial charge in [-0.25, -0.2) is 9.67 Å². The number of hydrogen-bond donors (Lipinski definition) is 2. The lowest BCUT2D eigenvalue weighted by atomic mass is 10.1. The molecule has 3 aromatic rings. The Morgan fingerprint density at radius 1 is 1.12 bits per heavy atom. The summed E-state index contributed by atoms with van der Waals surface area (Å²) in [5.41, 5.74) is -1.40. The number of aryl methyl sites for hydroxylation is 1. The number of hydrogen-bond acceptors (Lipinski definition) is 4. The van der Waals surface area contributed by atoms with Gasteiger partial charge in [0.25, 0.3) is 11.8 Å². The van der Waals surface area contributed by atoms with Crippen molar-refractivity contribution in [3.05, 3.63) is 69.1 Å². The second-order valence-electron chi connectivity index (χ2n) is 7.36. The highest BCUT2D eigenvalue weighted by Gasteiger charge is 2.36. The van der Waals surface area contributed by atoms with Crippen LogP contribution in [-0.4, -0.2) is 32.6 Å². The molecule has 7 nitrogen and oxygen atoms in total. The molecule has 33 heavy (non-hydrogen) atoms. The number of nitrogens with one attached hydrogen (secondary N) is 2. The quantitative estimate of drug-likeness (QED) is 0.498. The summed E-state index contributed by atoms with van der Waals surface area (Å²) in [6.07, 6.45) is -3.44. The van der Waals surface area contributed by atoms with Crippen LogP contribution < -0.4 is 10.6 Å². The topological polar surface area (TPSA) is 88.9 Å².